The molecule has 3 atom stereocenters. The molecule has 186 valence electrons. The Labute approximate surface area is 208 Å². The molecular weight excluding hydrogens is 462 g/mol. The van der Waals surface area contributed by atoms with Gasteiger partial charge in [0, 0.05) is 31.6 Å². The van der Waals surface area contributed by atoms with Crippen molar-refractivity contribution in [1.29, 1.82) is 5.26 Å². The summed E-state index contributed by atoms with van der Waals surface area (Å²) in [4.78, 5) is 29.8. The average Bonchev–Trinajstić information content (AvgIpc) is 3.69. The van der Waals surface area contributed by atoms with Crippen LogP contribution in [0.3, 0.4) is 0 Å². The highest BCUT2D eigenvalue weighted by Gasteiger charge is 2.41. The van der Waals surface area contributed by atoms with Crippen molar-refractivity contribution in [2.45, 2.75) is 44.4 Å². The van der Waals surface area contributed by atoms with Crippen molar-refractivity contribution >= 4 is 11.9 Å². The number of aliphatic hydroxyl groups is 1. The quantitative estimate of drug-likeness (QED) is 0.584. The second kappa shape index (κ2) is 9.87. The largest absolute Gasteiger partial charge is 0.472 e. The molecule has 10 nitrogen and oxygen atoms in total. The zero-order valence-corrected chi connectivity index (χ0v) is 19.9. The van der Waals surface area contributed by atoms with Gasteiger partial charge < -0.3 is 24.1 Å². The first kappa shape index (κ1) is 23.6. The molecule has 0 spiro atoms. The van der Waals surface area contributed by atoms with Crippen molar-refractivity contribution in [3.8, 4) is 11.9 Å². The molecule has 5 rings (SSSR count). The molecule has 3 unspecified atom stereocenters. The summed E-state index contributed by atoms with van der Waals surface area (Å²) in [6.07, 6.45) is 3.37. The molecule has 2 fully saturated rings. The third kappa shape index (κ3) is 4.33. The van der Waals surface area contributed by atoms with Crippen LogP contribution in [0.1, 0.15) is 52.9 Å². The zero-order chi connectivity index (χ0) is 25.2. The van der Waals surface area contributed by atoms with Crippen molar-refractivity contribution in [3.05, 3.63) is 71.3 Å². The maximum Gasteiger partial charge on any atom is 0.320 e. The lowest BCUT2D eigenvalue weighted by Gasteiger charge is -2.29. The first-order valence-corrected chi connectivity index (χ1v) is 12.0. The number of likely N-dealkylation sites (tertiary alicyclic amines) is 2. The Bertz CT molecular complexity index is 1280. The van der Waals surface area contributed by atoms with E-state index in [9.17, 15) is 20.0 Å². The van der Waals surface area contributed by atoms with Crippen LogP contribution < -0.4 is 4.74 Å². The van der Waals surface area contributed by atoms with Gasteiger partial charge in [0.15, 0.2) is 0 Å². The number of benzene rings is 1. The van der Waals surface area contributed by atoms with E-state index in [-0.39, 0.29) is 41.6 Å². The van der Waals surface area contributed by atoms with Gasteiger partial charge >= 0.3 is 6.03 Å². The fraction of sp³-hybridized carbons (Fsp3) is 0.385. The molecule has 2 aliphatic rings. The molecule has 0 radical (unpaired) electrons. The lowest BCUT2D eigenvalue weighted by Crippen LogP contribution is -2.44. The Kier molecular flexibility index (Phi) is 6.48. The second-order valence-electron chi connectivity index (χ2n) is 9.18. The zero-order valence-electron chi connectivity index (χ0n) is 19.9. The lowest BCUT2D eigenvalue weighted by molar-refractivity contribution is 0.0926. The summed E-state index contributed by atoms with van der Waals surface area (Å²) in [5.41, 5.74) is 1.78. The number of furan rings is 1. The number of ether oxygens (including phenoxy) is 1. The molecule has 2 aromatic heterocycles. The Hall–Kier alpha value is -4.10. The Morgan fingerprint density at radius 3 is 2.69 bits per heavy atom. The molecular formula is C26H27N5O5. The van der Waals surface area contributed by atoms with Crippen LogP contribution in [0.5, 0.6) is 5.88 Å². The molecule has 2 amide bonds. The fourth-order valence-corrected chi connectivity index (χ4v) is 4.96. The van der Waals surface area contributed by atoms with Gasteiger partial charge in [0.2, 0.25) is 5.88 Å². The van der Waals surface area contributed by atoms with Crippen molar-refractivity contribution < 1.29 is 23.8 Å². The number of β-amino-alcohol motifs (C(OH)–C–C–N with tert-alkyl or cyclic N) is 1. The van der Waals surface area contributed by atoms with Gasteiger partial charge in [0.25, 0.3) is 5.91 Å². The van der Waals surface area contributed by atoms with Gasteiger partial charge in [0.1, 0.15) is 24.5 Å². The Morgan fingerprint density at radius 1 is 1.22 bits per heavy atom. The smallest absolute Gasteiger partial charge is 0.320 e. The van der Waals surface area contributed by atoms with Gasteiger partial charge in [-0.2, -0.15) is 15.0 Å². The van der Waals surface area contributed by atoms with Gasteiger partial charge in [-0.15, -0.1) is 0 Å². The van der Waals surface area contributed by atoms with Crippen LogP contribution in [-0.2, 0) is 6.61 Å². The monoisotopic (exact) mass is 489 g/mol. The van der Waals surface area contributed by atoms with Crippen molar-refractivity contribution in [2.75, 3.05) is 19.6 Å². The predicted molar refractivity (Wildman–Crippen MR) is 127 cm³/mol. The first-order valence-electron chi connectivity index (χ1n) is 12.0. The van der Waals surface area contributed by atoms with Crippen LogP contribution in [0.15, 0.2) is 53.3 Å². The van der Waals surface area contributed by atoms with E-state index in [1.165, 1.54) is 18.6 Å². The summed E-state index contributed by atoms with van der Waals surface area (Å²) in [7, 11) is 0. The van der Waals surface area contributed by atoms with Crippen LogP contribution in [0.25, 0.3) is 0 Å². The number of rotatable bonds is 5. The van der Waals surface area contributed by atoms with E-state index >= 15 is 0 Å². The first-order chi connectivity index (χ1) is 17.5. The number of carbonyl (C=O) groups is 2. The maximum atomic E-state index is 13.3. The SMILES string of the molecule is CC1C(c2nn(C(=O)c3ccoc3)c(OCc3ccccc3)c2C#N)CCN1C(=O)N1CCC(O)C1. The van der Waals surface area contributed by atoms with Gasteiger partial charge in [-0.25, -0.2) is 4.79 Å². The van der Waals surface area contributed by atoms with Crippen LogP contribution in [0, 0.1) is 11.3 Å². The van der Waals surface area contributed by atoms with Gasteiger partial charge in [0.05, 0.1) is 23.6 Å². The van der Waals surface area contributed by atoms with Crippen molar-refractivity contribution in [2.24, 2.45) is 0 Å². The highest BCUT2D eigenvalue weighted by molar-refractivity contribution is 5.96. The highest BCUT2D eigenvalue weighted by Crippen LogP contribution is 2.38. The number of hydrogen-bond acceptors (Lipinski definition) is 7. The number of urea groups is 1. The molecule has 0 aliphatic carbocycles. The maximum absolute atomic E-state index is 13.3. The molecule has 10 heteroatoms. The standard InChI is InChI=1S/C26H27N5O5/c1-17-21(8-11-30(17)26(34)29-10-7-20(32)14-29)23-22(13-27)25(36-15-18-5-3-2-4-6-18)31(28-23)24(33)19-9-12-35-16-19/h2-6,9,12,16-17,20-21,32H,7-8,10-11,14-15H2,1H3. The molecule has 2 aliphatic heterocycles. The number of aliphatic hydroxyl groups excluding tert-OH is 1. The third-order valence-corrected chi connectivity index (χ3v) is 6.95. The van der Waals surface area contributed by atoms with Crippen LogP contribution >= 0.6 is 0 Å². The molecule has 36 heavy (non-hydrogen) atoms. The van der Waals surface area contributed by atoms with Crippen LogP contribution in [0.2, 0.25) is 0 Å². The van der Waals surface area contributed by atoms with E-state index in [1.54, 1.807) is 9.80 Å². The molecule has 4 heterocycles. The summed E-state index contributed by atoms with van der Waals surface area (Å²) < 4.78 is 12.2. The van der Waals surface area contributed by atoms with E-state index in [0.717, 1.165) is 10.2 Å². The normalized spacial score (nSPS) is 21.5. The number of aromatic nitrogens is 2. The molecule has 0 saturated carbocycles. The average molecular weight is 490 g/mol. The summed E-state index contributed by atoms with van der Waals surface area (Å²) in [6, 6.07) is 12.8. The lowest BCUT2D eigenvalue weighted by atomic mass is 9.95. The van der Waals surface area contributed by atoms with Gasteiger partial charge in [-0.1, -0.05) is 30.3 Å². The third-order valence-electron chi connectivity index (χ3n) is 6.95. The van der Waals surface area contributed by atoms with E-state index in [0.29, 0.717) is 38.2 Å². The minimum absolute atomic E-state index is 0.0715. The molecule has 1 N–H and O–H groups in total. The number of nitrogens with zero attached hydrogens (tertiary/aromatic N) is 5. The Morgan fingerprint density at radius 2 is 2.03 bits per heavy atom. The van der Waals surface area contributed by atoms with Crippen molar-refractivity contribution in [1.82, 2.24) is 19.6 Å². The minimum atomic E-state index is -0.498. The van der Waals surface area contributed by atoms with Gasteiger partial charge in [-0.3, -0.25) is 4.79 Å². The van der Waals surface area contributed by atoms with Crippen molar-refractivity contribution in [3.63, 3.8) is 0 Å². The summed E-state index contributed by atoms with van der Waals surface area (Å²) in [6.45, 7) is 3.40. The molecule has 1 aromatic carbocycles. The van der Waals surface area contributed by atoms with E-state index < -0.39 is 12.0 Å². The summed E-state index contributed by atoms with van der Waals surface area (Å²) in [5.74, 6) is -0.657. The number of nitriles is 1. The summed E-state index contributed by atoms with van der Waals surface area (Å²) in [5, 5.41) is 24.5. The number of carbonyl (C=O) groups excluding carboxylic acids is 2. The van der Waals surface area contributed by atoms with Crippen LogP contribution in [-0.4, -0.2) is 68.4 Å². The molecule has 2 saturated heterocycles. The highest BCUT2D eigenvalue weighted by atomic mass is 16.5. The fourth-order valence-electron chi connectivity index (χ4n) is 4.96. The van der Waals surface area contributed by atoms with Gasteiger partial charge in [-0.05, 0) is 31.4 Å². The van der Waals surface area contributed by atoms with E-state index in [1.807, 2.05) is 37.3 Å². The van der Waals surface area contributed by atoms with E-state index in [2.05, 4.69) is 11.2 Å². The van der Waals surface area contributed by atoms with Crippen LogP contribution in [0.4, 0.5) is 4.79 Å². The Balaban J connectivity index is 1.46. The van der Waals surface area contributed by atoms with E-state index in [4.69, 9.17) is 9.15 Å². The number of hydrogen-bond donors (Lipinski definition) is 1. The molecule has 3 aromatic rings. The summed E-state index contributed by atoms with van der Waals surface area (Å²) >= 11 is 0. The topological polar surface area (TPSA) is 125 Å². The minimum Gasteiger partial charge on any atom is -0.472 e. The number of amides is 2. The predicted octanol–water partition coefficient (Wildman–Crippen LogP) is 2.98. The molecule has 0 bridgehead atoms. The second-order valence-corrected chi connectivity index (χ2v) is 9.18.